The molecule has 1 aliphatic carbocycles. The Morgan fingerprint density at radius 1 is 1.09 bits per heavy atom. The second-order valence-electron chi connectivity index (χ2n) is 18.9. The van der Waals surface area contributed by atoms with E-state index >= 15 is 0 Å². The molecule has 1 saturated carbocycles. The number of halogens is 1. The molecule has 0 aromatic heterocycles. The molecule has 5 aliphatic rings. The fourth-order valence-corrected chi connectivity index (χ4v) is 11.1. The third kappa shape index (κ3) is 11.7. The number of likely N-dealkylation sites (N-methyl/N-ethyl adjacent to an activating group) is 1. The van der Waals surface area contributed by atoms with Crippen LogP contribution in [-0.4, -0.2) is 144 Å². The van der Waals surface area contributed by atoms with Crippen LogP contribution in [-0.2, 0) is 54.1 Å². The second kappa shape index (κ2) is 21.4. The van der Waals surface area contributed by atoms with Crippen LogP contribution in [0.4, 0.5) is 10.5 Å². The molecular weight excluding hydrogens is 908 g/mol. The number of aliphatic hydroxyl groups is 1. The highest BCUT2D eigenvalue weighted by Crippen LogP contribution is 2.49. The number of allylic oxidation sites excluding steroid dienone is 3. The van der Waals surface area contributed by atoms with E-state index in [1.165, 1.54) is 54.7 Å². The molecule has 368 valence electrons. The van der Waals surface area contributed by atoms with Gasteiger partial charge < -0.3 is 38.6 Å². The SMILES string of the molecule is COc1cc2cc(c1Cl)N(C)C(=O)C[C@H](OC(=O)[C@H](C)N(C)C(=O)CCSC1CC(=O)N(CC3CCC(C(C)=O)CC3)C1=O)[C@]1(C)OC1[C@H](C)[C@@H]1C[C@@](O)(NC(=O)O1)[C@H](OC)/C=C/C=C(\C)C2. The Balaban J connectivity index is 1.16. The molecule has 0 spiro atoms. The van der Waals surface area contributed by atoms with Gasteiger partial charge in [0.05, 0.1) is 30.6 Å². The van der Waals surface area contributed by atoms with Gasteiger partial charge in [0, 0.05) is 64.6 Å². The molecule has 2 N–H and O–H groups in total. The molecule has 3 saturated heterocycles. The van der Waals surface area contributed by atoms with E-state index in [0.29, 0.717) is 24.4 Å². The maximum absolute atomic E-state index is 14.3. The lowest BCUT2D eigenvalue weighted by Crippen LogP contribution is -2.63. The van der Waals surface area contributed by atoms with Gasteiger partial charge in [0.25, 0.3) is 0 Å². The normalized spacial score (nSPS) is 33.1. The van der Waals surface area contributed by atoms with Crippen LogP contribution < -0.4 is 15.0 Å². The number of ketones is 1. The molecule has 19 heteroatoms. The summed E-state index contributed by atoms with van der Waals surface area (Å²) in [7, 11) is 5.91. The summed E-state index contributed by atoms with van der Waals surface area (Å²) in [6.07, 6.45) is 3.60. The number of esters is 1. The number of Topliss-reactive ketones (excluding diaryl/α,β-unsaturated/α-hetero) is 1. The molecule has 5 amide bonds. The Labute approximate surface area is 401 Å². The van der Waals surface area contributed by atoms with Crippen LogP contribution in [0.1, 0.15) is 91.5 Å². The Bertz CT molecular complexity index is 2160. The first kappa shape index (κ1) is 51.9. The predicted molar refractivity (Wildman–Crippen MR) is 249 cm³/mol. The highest BCUT2D eigenvalue weighted by Gasteiger charge is 2.64. The van der Waals surface area contributed by atoms with Crippen molar-refractivity contribution in [3.05, 3.63) is 46.5 Å². The molecule has 6 rings (SSSR count). The number of ether oxygens (including phenoxy) is 5. The predicted octanol–water partition coefficient (Wildman–Crippen LogP) is 5.16. The van der Waals surface area contributed by atoms with E-state index in [1.54, 1.807) is 52.1 Å². The molecule has 4 fully saturated rings. The fourth-order valence-electron chi connectivity index (χ4n) is 9.67. The number of anilines is 1. The molecule has 4 aliphatic heterocycles. The van der Waals surface area contributed by atoms with Gasteiger partial charge in [0.1, 0.15) is 46.5 Å². The Hall–Kier alpha value is -4.49. The lowest BCUT2D eigenvalue weighted by Gasteiger charge is -2.42. The number of amides is 5. The minimum absolute atomic E-state index is 0.0292. The van der Waals surface area contributed by atoms with E-state index in [4.69, 9.17) is 35.3 Å². The van der Waals surface area contributed by atoms with Gasteiger partial charge in [-0.15, -0.1) is 11.8 Å². The summed E-state index contributed by atoms with van der Waals surface area (Å²) in [4.78, 5) is 96.8. The van der Waals surface area contributed by atoms with Crippen LogP contribution in [0.25, 0.3) is 0 Å². The quantitative estimate of drug-likeness (QED) is 0.158. The largest absolute Gasteiger partial charge is 0.495 e. The number of thioether (sulfide) groups is 1. The number of nitrogens with one attached hydrogen (secondary N) is 1. The lowest BCUT2D eigenvalue weighted by atomic mass is 9.80. The lowest BCUT2D eigenvalue weighted by molar-refractivity contribution is -0.162. The molecule has 2 unspecified atom stereocenters. The van der Waals surface area contributed by atoms with Crippen molar-refractivity contribution in [2.24, 2.45) is 17.8 Å². The topological polar surface area (TPSA) is 211 Å². The minimum Gasteiger partial charge on any atom is -0.495 e. The molecule has 4 heterocycles. The van der Waals surface area contributed by atoms with Crippen molar-refractivity contribution in [2.75, 3.05) is 45.5 Å². The van der Waals surface area contributed by atoms with Crippen molar-refractivity contribution in [3.8, 4) is 5.75 Å². The van der Waals surface area contributed by atoms with Gasteiger partial charge in [0.2, 0.25) is 23.6 Å². The maximum atomic E-state index is 14.3. The molecule has 4 bridgehead atoms. The number of imide groups is 1. The number of hydrogen-bond donors (Lipinski definition) is 2. The zero-order chi connectivity index (χ0) is 49.1. The number of fused-ring (bicyclic) bond motifs is 5. The van der Waals surface area contributed by atoms with E-state index in [1.807, 2.05) is 13.0 Å². The number of likely N-dealkylation sites (tertiary alicyclic amines) is 1. The average Bonchev–Trinajstić information content (AvgIpc) is 3.91. The Morgan fingerprint density at radius 2 is 1.79 bits per heavy atom. The third-order valence-corrected chi connectivity index (χ3v) is 15.8. The summed E-state index contributed by atoms with van der Waals surface area (Å²) in [6, 6.07) is 2.43. The van der Waals surface area contributed by atoms with Gasteiger partial charge in [-0.05, 0) is 83.4 Å². The zero-order valence-corrected chi connectivity index (χ0v) is 41.4. The monoisotopic (exact) mass is 972 g/mol. The van der Waals surface area contributed by atoms with E-state index < -0.39 is 76.8 Å². The van der Waals surface area contributed by atoms with E-state index in [2.05, 4.69) is 5.32 Å². The summed E-state index contributed by atoms with van der Waals surface area (Å²) in [5, 5.41) is 13.9. The first-order valence-electron chi connectivity index (χ1n) is 22.9. The van der Waals surface area contributed by atoms with Gasteiger partial charge in [0.15, 0.2) is 5.72 Å². The van der Waals surface area contributed by atoms with Crippen LogP contribution in [0.5, 0.6) is 5.75 Å². The second-order valence-corrected chi connectivity index (χ2v) is 20.6. The van der Waals surface area contributed by atoms with Crippen LogP contribution in [0, 0.1) is 17.8 Å². The van der Waals surface area contributed by atoms with Crippen molar-refractivity contribution >= 4 is 70.5 Å². The van der Waals surface area contributed by atoms with Crippen LogP contribution in [0.15, 0.2) is 35.9 Å². The van der Waals surface area contributed by atoms with Gasteiger partial charge in [-0.3, -0.25) is 34.2 Å². The number of hydrogen-bond acceptors (Lipinski definition) is 14. The van der Waals surface area contributed by atoms with Crippen molar-refractivity contribution in [1.82, 2.24) is 15.1 Å². The van der Waals surface area contributed by atoms with Crippen molar-refractivity contribution in [2.45, 2.75) is 139 Å². The number of carbonyl (C=O) groups excluding carboxylic acids is 7. The zero-order valence-electron chi connectivity index (χ0n) is 39.8. The number of epoxide rings is 1. The van der Waals surface area contributed by atoms with Crippen LogP contribution in [0.3, 0.4) is 0 Å². The highest BCUT2D eigenvalue weighted by atomic mass is 35.5. The van der Waals surface area contributed by atoms with E-state index in [0.717, 1.165) is 36.8 Å². The first-order valence-corrected chi connectivity index (χ1v) is 24.3. The number of nitrogens with zero attached hydrogens (tertiary/aromatic N) is 3. The highest BCUT2D eigenvalue weighted by molar-refractivity contribution is 8.00. The summed E-state index contributed by atoms with van der Waals surface area (Å²) < 4.78 is 29.4. The first-order chi connectivity index (χ1) is 31.6. The molecule has 0 radical (unpaired) electrons. The smallest absolute Gasteiger partial charge is 0.409 e. The molecule has 67 heavy (non-hydrogen) atoms. The summed E-state index contributed by atoms with van der Waals surface area (Å²) >= 11 is 8.04. The van der Waals surface area contributed by atoms with Gasteiger partial charge in [-0.25, -0.2) is 9.59 Å². The molecule has 1 aromatic rings. The Morgan fingerprint density at radius 3 is 2.45 bits per heavy atom. The molecular formula is C48H65ClN4O13S. The number of rotatable bonds is 12. The van der Waals surface area contributed by atoms with E-state index in [9.17, 15) is 38.7 Å². The Kier molecular flexibility index (Phi) is 16.6. The number of methoxy groups -OCH3 is 2. The average molecular weight is 974 g/mol. The van der Waals surface area contributed by atoms with Crippen LogP contribution >= 0.6 is 23.4 Å². The van der Waals surface area contributed by atoms with Crippen LogP contribution in [0.2, 0.25) is 5.02 Å². The third-order valence-electron chi connectivity index (χ3n) is 14.2. The molecule has 1 aromatic carbocycles. The van der Waals surface area contributed by atoms with Gasteiger partial charge in [-0.1, -0.05) is 42.3 Å². The number of alkyl carbamates (subject to hydrolysis) is 1. The number of carbonyl (C=O) groups is 7. The summed E-state index contributed by atoms with van der Waals surface area (Å²) in [5.74, 6) is -1.84. The molecule has 17 nitrogen and oxygen atoms in total. The van der Waals surface area contributed by atoms with Gasteiger partial charge in [-0.2, -0.15) is 0 Å². The van der Waals surface area contributed by atoms with Crippen molar-refractivity contribution < 1.29 is 62.4 Å². The minimum atomic E-state index is -1.87. The summed E-state index contributed by atoms with van der Waals surface area (Å²) in [5.41, 5.74) is -1.13. The standard InChI is InChI=1S/C48H65ClN4O13S/c1-26-11-10-12-37(63-9)48(61)24-35(64-46(60)50-48)27(2)43-47(5,66-43)38(23-40(56)52(7)33-20-31(19-26)21-34(62-8)42(33)49)65-45(59)28(3)51(6)39(55)17-18-67-36-22-41(57)53(44(36)58)25-30-13-15-32(16-14-30)29(4)54/h10-12,20-21,27-28,30,32,35-38,43,61H,13-19,22-25H2,1-9H3,(H,50,60)/b12-10+,26-11+/t27-,28+,30?,32?,35+,36?,37-,38+,43?,47+,48+/m1/s1. The maximum Gasteiger partial charge on any atom is 0.409 e. The summed E-state index contributed by atoms with van der Waals surface area (Å²) in [6.45, 7) is 8.82. The van der Waals surface area contributed by atoms with E-state index in [-0.39, 0.29) is 65.9 Å². The van der Waals surface area contributed by atoms with Gasteiger partial charge >= 0.3 is 12.1 Å². The van der Waals surface area contributed by atoms with Crippen molar-refractivity contribution in [1.29, 1.82) is 0 Å². The van der Waals surface area contributed by atoms with Crippen molar-refractivity contribution in [3.63, 3.8) is 0 Å². The molecule has 9 atom stereocenters. The number of benzene rings is 1. The fraction of sp³-hybridized carbons (Fsp3) is 0.646.